The van der Waals surface area contributed by atoms with Crippen molar-refractivity contribution in [2.75, 3.05) is 6.26 Å². The van der Waals surface area contributed by atoms with Gasteiger partial charge in [0.1, 0.15) is 0 Å². The third-order valence-corrected chi connectivity index (χ3v) is 4.00. The predicted molar refractivity (Wildman–Crippen MR) is 84.6 cm³/mol. The van der Waals surface area contributed by atoms with E-state index in [1.54, 1.807) is 11.4 Å². The molecule has 3 aromatic heterocycles. The number of fused-ring (bicyclic) bond motifs is 1. The molecule has 24 heavy (non-hydrogen) atoms. The quantitative estimate of drug-likeness (QED) is 0.500. The van der Waals surface area contributed by atoms with Gasteiger partial charge in [0.2, 0.25) is 11.0 Å². The molecule has 0 N–H and O–H groups in total. The van der Waals surface area contributed by atoms with Crippen LogP contribution in [-0.2, 0) is 22.6 Å². The summed E-state index contributed by atoms with van der Waals surface area (Å²) in [4.78, 5) is 20.8. The number of carbonyl (C=O) groups excluding carboxylic acids is 1. The molecule has 126 valence electrons. The van der Waals surface area contributed by atoms with Crippen LogP contribution in [-0.4, -0.2) is 42.0 Å². The highest BCUT2D eigenvalue weighted by Crippen LogP contribution is 2.17. The predicted octanol–water partition coefficient (Wildman–Crippen LogP) is 1.44. The van der Waals surface area contributed by atoms with Crippen molar-refractivity contribution in [2.24, 2.45) is 0 Å². The summed E-state index contributed by atoms with van der Waals surface area (Å²) >= 11 is 1.44. The van der Waals surface area contributed by atoms with Crippen LogP contribution >= 0.6 is 11.8 Å². The Morgan fingerprint density at radius 3 is 2.71 bits per heavy atom. The van der Waals surface area contributed by atoms with Crippen LogP contribution in [0.3, 0.4) is 0 Å². The zero-order valence-electron chi connectivity index (χ0n) is 13.7. The molecule has 3 heterocycles. The number of esters is 1. The number of rotatable bonds is 5. The van der Waals surface area contributed by atoms with Gasteiger partial charge in [-0.15, -0.1) is 15.3 Å². The van der Waals surface area contributed by atoms with Gasteiger partial charge in [-0.2, -0.15) is 4.98 Å². The minimum absolute atomic E-state index is 0.0482. The van der Waals surface area contributed by atoms with E-state index >= 15 is 0 Å². The molecule has 0 fully saturated rings. The van der Waals surface area contributed by atoms with E-state index in [9.17, 15) is 4.79 Å². The largest absolute Gasteiger partial charge is 0.455 e. The zero-order chi connectivity index (χ0) is 17.3. The molecule has 9 nitrogen and oxygen atoms in total. The Morgan fingerprint density at radius 2 is 2.04 bits per heavy atom. The van der Waals surface area contributed by atoms with Crippen molar-refractivity contribution in [3.8, 4) is 0 Å². The number of hydrogen-bond donors (Lipinski definition) is 0. The molecule has 0 unspecified atom stereocenters. The van der Waals surface area contributed by atoms with E-state index in [1.807, 2.05) is 20.1 Å². The van der Waals surface area contributed by atoms with Crippen molar-refractivity contribution in [3.63, 3.8) is 0 Å². The Hall–Kier alpha value is -2.49. The van der Waals surface area contributed by atoms with Gasteiger partial charge in [-0.3, -0.25) is 4.79 Å². The second kappa shape index (κ2) is 6.56. The fourth-order valence-corrected chi connectivity index (χ4v) is 2.60. The molecule has 0 saturated carbocycles. The zero-order valence-corrected chi connectivity index (χ0v) is 14.5. The average molecular weight is 348 g/mol. The van der Waals surface area contributed by atoms with Crippen LogP contribution in [0.4, 0.5) is 0 Å². The third kappa shape index (κ3) is 3.23. The summed E-state index contributed by atoms with van der Waals surface area (Å²) < 4.78 is 12.0. The summed E-state index contributed by atoms with van der Waals surface area (Å²) in [7, 11) is 0. The molecular weight excluding hydrogens is 332 g/mol. The molecule has 0 aromatic carbocycles. The number of thioether (sulfide) groups is 1. The highest BCUT2D eigenvalue weighted by atomic mass is 32.2. The molecule has 3 rings (SSSR count). The highest BCUT2D eigenvalue weighted by Gasteiger charge is 2.17. The van der Waals surface area contributed by atoms with E-state index in [0.717, 1.165) is 17.0 Å². The van der Waals surface area contributed by atoms with Crippen molar-refractivity contribution < 1.29 is 13.9 Å². The van der Waals surface area contributed by atoms with Crippen LogP contribution in [0.1, 0.15) is 28.7 Å². The molecule has 0 spiro atoms. The molecule has 0 aliphatic heterocycles. The van der Waals surface area contributed by atoms with Crippen LogP contribution in [0.5, 0.6) is 0 Å². The Kier molecular flexibility index (Phi) is 4.47. The second-order valence-corrected chi connectivity index (χ2v) is 5.90. The van der Waals surface area contributed by atoms with Gasteiger partial charge >= 0.3 is 5.97 Å². The first kappa shape index (κ1) is 16.4. The van der Waals surface area contributed by atoms with E-state index in [4.69, 9.17) is 9.15 Å². The molecule has 0 saturated heterocycles. The minimum Gasteiger partial charge on any atom is -0.455 e. The van der Waals surface area contributed by atoms with Gasteiger partial charge in [0.15, 0.2) is 6.61 Å². The topological polar surface area (TPSA) is 108 Å². The second-order valence-electron chi connectivity index (χ2n) is 5.12. The maximum absolute atomic E-state index is 12.1. The fourth-order valence-electron chi connectivity index (χ4n) is 2.27. The molecule has 0 atom stereocenters. The van der Waals surface area contributed by atoms with Crippen molar-refractivity contribution >= 4 is 23.5 Å². The first-order chi connectivity index (χ1) is 11.5. The molecule has 10 heteroatoms. The molecular formula is C14H16N6O3S. The number of hydrogen-bond acceptors (Lipinski definition) is 9. The smallest absolute Gasteiger partial charge is 0.310 e. The van der Waals surface area contributed by atoms with Crippen molar-refractivity contribution in [1.82, 2.24) is 29.8 Å². The van der Waals surface area contributed by atoms with Crippen LogP contribution < -0.4 is 0 Å². The molecule has 0 amide bonds. The lowest BCUT2D eigenvalue weighted by Gasteiger charge is -2.09. The number of aryl methyl sites for hydroxylation is 3. The van der Waals surface area contributed by atoms with Crippen LogP contribution in [0.15, 0.2) is 9.57 Å². The van der Waals surface area contributed by atoms with E-state index < -0.39 is 5.97 Å². The highest BCUT2D eigenvalue weighted by molar-refractivity contribution is 7.98. The van der Waals surface area contributed by atoms with Crippen molar-refractivity contribution in [2.45, 2.75) is 39.0 Å². The van der Waals surface area contributed by atoms with E-state index in [-0.39, 0.29) is 18.9 Å². The standard InChI is InChI=1S/C14H16N6O3S/c1-7-10(5-12(21)22-6-11-18-17-9(3)23-11)8(2)20-13(15-7)16-14(19-20)24-4/h5-6H2,1-4H3. The van der Waals surface area contributed by atoms with Gasteiger partial charge in [0.05, 0.1) is 6.42 Å². The van der Waals surface area contributed by atoms with Gasteiger partial charge < -0.3 is 9.15 Å². The Morgan fingerprint density at radius 1 is 1.25 bits per heavy atom. The summed E-state index contributed by atoms with van der Waals surface area (Å²) in [6.07, 6.45) is 1.98. The van der Waals surface area contributed by atoms with Crippen LogP contribution in [0.2, 0.25) is 0 Å². The monoisotopic (exact) mass is 348 g/mol. The van der Waals surface area contributed by atoms with Gasteiger partial charge in [0.25, 0.3) is 11.7 Å². The summed E-state index contributed by atoms with van der Waals surface area (Å²) in [6.45, 7) is 5.34. The van der Waals surface area contributed by atoms with Crippen LogP contribution in [0, 0.1) is 20.8 Å². The summed E-state index contributed by atoms with van der Waals surface area (Å²) in [5.74, 6) is 0.818. The summed E-state index contributed by atoms with van der Waals surface area (Å²) in [5, 5.41) is 12.5. The third-order valence-electron chi connectivity index (χ3n) is 3.46. The Labute approximate surface area is 141 Å². The molecule has 0 aliphatic rings. The van der Waals surface area contributed by atoms with E-state index in [0.29, 0.717) is 16.8 Å². The van der Waals surface area contributed by atoms with Crippen molar-refractivity contribution in [1.29, 1.82) is 0 Å². The van der Waals surface area contributed by atoms with E-state index in [2.05, 4.69) is 25.3 Å². The van der Waals surface area contributed by atoms with Crippen LogP contribution in [0.25, 0.3) is 5.78 Å². The lowest BCUT2D eigenvalue weighted by atomic mass is 10.1. The molecule has 3 aromatic rings. The lowest BCUT2D eigenvalue weighted by molar-refractivity contribution is -0.144. The van der Waals surface area contributed by atoms with Gasteiger partial charge in [-0.1, -0.05) is 11.8 Å². The fraction of sp³-hybridized carbons (Fsp3) is 0.429. The Balaban J connectivity index is 1.77. The molecule has 0 aliphatic carbocycles. The first-order valence-corrected chi connectivity index (χ1v) is 8.42. The van der Waals surface area contributed by atoms with Gasteiger partial charge in [-0.25, -0.2) is 9.50 Å². The number of nitrogens with zero attached hydrogens (tertiary/aromatic N) is 6. The van der Waals surface area contributed by atoms with Gasteiger partial charge in [0, 0.05) is 23.9 Å². The SMILES string of the molecule is CSc1nc2nc(C)c(CC(=O)OCc3nnc(C)o3)c(C)n2n1. The minimum atomic E-state index is -0.400. The number of ether oxygens (including phenoxy) is 1. The van der Waals surface area contributed by atoms with Gasteiger partial charge in [-0.05, 0) is 20.1 Å². The van der Waals surface area contributed by atoms with E-state index in [1.165, 1.54) is 11.8 Å². The first-order valence-electron chi connectivity index (χ1n) is 7.19. The average Bonchev–Trinajstić information content (AvgIpc) is 3.15. The lowest BCUT2D eigenvalue weighted by Crippen LogP contribution is -2.13. The van der Waals surface area contributed by atoms with Crippen molar-refractivity contribution in [3.05, 3.63) is 28.7 Å². The number of carbonyl (C=O) groups is 1. The summed E-state index contributed by atoms with van der Waals surface area (Å²) in [6, 6.07) is 0. The summed E-state index contributed by atoms with van der Waals surface area (Å²) in [5.41, 5.74) is 2.31. The Bertz CT molecular complexity index is 903. The maximum atomic E-state index is 12.1. The number of aromatic nitrogens is 6. The normalized spacial score (nSPS) is 11.2. The maximum Gasteiger partial charge on any atom is 0.310 e. The molecule has 0 bridgehead atoms. The molecule has 0 radical (unpaired) electrons.